The molecular formula is C29H29N3O8. The van der Waals surface area contributed by atoms with E-state index in [0.717, 1.165) is 0 Å². The molecular weight excluding hydrogens is 518 g/mol. The van der Waals surface area contributed by atoms with Crippen LogP contribution < -0.4 is 18.9 Å². The van der Waals surface area contributed by atoms with E-state index >= 15 is 0 Å². The quantitative estimate of drug-likeness (QED) is 0.273. The molecule has 1 amide bonds. The van der Waals surface area contributed by atoms with Crippen molar-refractivity contribution in [2.75, 3.05) is 35.0 Å². The number of ether oxygens (including phenoxy) is 4. The molecule has 0 spiro atoms. The van der Waals surface area contributed by atoms with Crippen molar-refractivity contribution in [1.29, 1.82) is 0 Å². The van der Waals surface area contributed by atoms with Gasteiger partial charge >= 0.3 is 0 Å². The van der Waals surface area contributed by atoms with Crippen LogP contribution in [0.25, 0.3) is 11.0 Å². The number of aromatic nitrogens is 2. The maximum absolute atomic E-state index is 14.0. The van der Waals surface area contributed by atoms with E-state index in [-0.39, 0.29) is 17.9 Å². The lowest BCUT2D eigenvalue weighted by Gasteiger charge is -2.27. The molecule has 0 saturated heterocycles. The van der Waals surface area contributed by atoms with Gasteiger partial charge in [0.1, 0.15) is 0 Å². The van der Waals surface area contributed by atoms with E-state index in [2.05, 4.69) is 4.98 Å². The van der Waals surface area contributed by atoms with Crippen molar-refractivity contribution in [1.82, 2.24) is 14.5 Å². The van der Waals surface area contributed by atoms with Gasteiger partial charge in [-0.15, -0.1) is 0 Å². The number of methoxy groups -OCH3 is 4. The maximum Gasteiger partial charge on any atom is 0.290 e. The highest BCUT2D eigenvalue weighted by molar-refractivity contribution is 6.16. The van der Waals surface area contributed by atoms with E-state index in [0.29, 0.717) is 52.5 Å². The number of ketones is 1. The van der Waals surface area contributed by atoms with Gasteiger partial charge < -0.3 is 37.9 Å². The van der Waals surface area contributed by atoms with Gasteiger partial charge in [0, 0.05) is 30.9 Å². The zero-order valence-electron chi connectivity index (χ0n) is 22.5. The number of benzene rings is 2. The highest BCUT2D eigenvalue weighted by Crippen LogP contribution is 2.46. The van der Waals surface area contributed by atoms with Crippen molar-refractivity contribution in [2.24, 2.45) is 0 Å². The van der Waals surface area contributed by atoms with E-state index in [1.807, 2.05) is 10.8 Å². The Labute approximate surface area is 230 Å². The Morgan fingerprint density at radius 2 is 1.73 bits per heavy atom. The van der Waals surface area contributed by atoms with Crippen molar-refractivity contribution >= 4 is 22.7 Å². The van der Waals surface area contributed by atoms with Gasteiger partial charge in [0.25, 0.3) is 5.91 Å². The van der Waals surface area contributed by atoms with E-state index in [1.165, 1.54) is 33.3 Å². The van der Waals surface area contributed by atoms with Crippen LogP contribution >= 0.6 is 0 Å². The Bertz CT molecular complexity index is 1560. The second-order valence-corrected chi connectivity index (χ2v) is 9.09. The second kappa shape index (κ2) is 11.0. The number of amides is 1. The summed E-state index contributed by atoms with van der Waals surface area (Å²) in [5, 5.41) is 11.7. The van der Waals surface area contributed by atoms with E-state index < -0.39 is 23.5 Å². The molecule has 0 aliphatic carbocycles. The Balaban J connectivity index is 1.59. The molecule has 208 valence electrons. The summed E-state index contributed by atoms with van der Waals surface area (Å²) in [6.07, 6.45) is 5.72. The third-order valence-corrected chi connectivity index (χ3v) is 6.88. The van der Waals surface area contributed by atoms with Crippen LogP contribution in [0.1, 0.15) is 28.6 Å². The molecule has 0 radical (unpaired) electrons. The molecule has 1 aliphatic heterocycles. The van der Waals surface area contributed by atoms with Gasteiger partial charge in [-0.25, -0.2) is 4.98 Å². The van der Waals surface area contributed by atoms with E-state index in [4.69, 9.17) is 23.4 Å². The summed E-state index contributed by atoms with van der Waals surface area (Å²) in [5.74, 6) is -0.467. The summed E-state index contributed by atoms with van der Waals surface area (Å²) in [6.45, 7) is 0.826. The number of para-hydroxylation sites is 1. The molecule has 11 heteroatoms. The third-order valence-electron chi connectivity index (χ3n) is 6.88. The van der Waals surface area contributed by atoms with Gasteiger partial charge in [0.15, 0.2) is 34.4 Å². The first-order chi connectivity index (χ1) is 19.4. The maximum atomic E-state index is 14.0. The van der Waals surface area contributed by atoms with Gasteiger partial charge in [0.2, 0.25) is 11.5 Å². The number of aliphatic hydroxyl groups excluding tert-OH is 1. The lowest BCUT2D eigenvalue weighted by molar-refractivity contribution is -0.129. The summed E-state index contributed by atoms with van der Waals surface area (Å²) in [6, 6.07) is 9.22. The fourth-order valence-corrected chi connectivity index (χ4v) is 5.01. The first-order valence-corrected chi connectivity index (χ1v) is 12.5. The smallest absolute Gasteiger partial charge is 0.290 e. The standard InChI is InChI=1S/C29H29N3O8/c1-36-19-8-5-7-17-13-20(40-27(17)19)25(33)23-24(18-14-21(37-2)28(39-4)22(15-18)38-3)32(29(35)26(23)34)11-6-10-31-12-9-30-16-31/h5,7-9,12-16,24,34H,6,10-11H2,1-4H3. The summed E-state index contributed by atoms with van der Waals surface area (Å²) >= 11 is 0. The minimum absolute atomic E-state index is 0.0356. The van der Waals surface area contributed by atoms with Crippen LogP contribution in [-0.2, 0) is 11.3 Å². The number of carbonyl (C=O) groups excluding carboxylic acids is 2. The molecule has 2 aromatic carbocycles. The number of carbonyl (C=O) groups is 2. The average Bonchev–Trinajstić information content (AvgIpc) is 3.71. The molecule has 1 atom stereocenters. The van der Waals surface area contributed by atoms with Crippen molar-refractivity contribution in [3.63, 3.8) is 0 Å². The van der Waals surface area contributed by atoms with Gasteiger partial charge in [0.05, 0.1) is 46.4 Å². The largest absolute Gasteiger partial charge is 0.503 e. The molecule has 4 aromatic rings. The van der Waals surface area contributed by atoms with Crippen molar-refractivity contribution in [3.05, 3.63) is 77.8 Å². The van der Waals surface area contributed by atoms with Gasteiger partial charge in [-0.1, -0.05) is 12.1 Å². The van der Waals surface area contributed by atoms with Crippen LogP contribution in [0.4, 0.5) is 0 Å². The number of Topliss-reactive ketones (excluding diaryl/α,β-unsaturated/α-hetero) is 1. The van der Waals surface area contributed by atoms with Crippen LogP contribution in [-0.4, -0.2) is 66.2 Å². The molecule has 1 N–H and O–H groups in total. The molecule has 1 aliphatic rings. The summed E-state index contributed by atoms with van der Waals surface area (Å²) in [5.41, 5.74) is 0.769. The zero-order chi connectivity index (χ0) is 28.4. The van der Waals surface area contributed by atoms with Crippen LogP contribution in [0.15, 0.2) is 70.9 Å². The van der Waals surface area contributed by atoms with Crippen LogP contribution in [0.2, 0.25) is 0 Å². The van der Waals surface area contributed by atoms with E-state index in [9.17, 15) is 14.7 Å². The average molecular weight is 548 g/mol. The van der Waals surface area contributed by atoms with Crippen molar-refractivity contribution in [2.45, 2.75) is 19.0 Å². The molecule has 1 unspecified atom stereocenters. The predicted octanol–water partition coefficient (Wildman–Crippen LogP) is 4.33. The summed E-state index contributed by atoms with van der Waals surface area (Å²) < 4.78 is 29.7. The molecule has 0 fully saturated rings. The van der Waals surface area contributed by atoms with Crippen LogP contribution in [0.5, 0.6) is 23.0 Å². The van der Waals surface area contributed by atoms with Crippen molar-refractivity contribution < 1.29 is 38.1 Å². The SMILES string of the molecule is COc1cc(C2C(C(=O)c3cc4cccc(OC)c4o3)=C(O)C(=O)N2CCCn2ccnc2)cc(OC)c1OC. The molecule has 40 heavy (non-hydrogen) atoms. The molecule has 3 heterocycles. The van der Waals surface area contributed by atoms with Crippen LogP contribution in [0, 0.1) is 0 Å². The second-order valence-electron chi connectivity index (χ2n) is 9.09. The van der Waals surface area contributed by atoms with Gasteiger partial charge in [-0.2, -0.15) is 0 Å². The minimum atomic E-state index is -0.952. The molecule has 11 nitrogen and oxygen atoms in total. The Hall–Kier alpha value is -4.93. The number of fused-ring (bicyclic) bond motifs is 1. The number of nitrogens with zero attached hydrogens (tertiary/aromatic N) is 3. The third kappa shape index (κ3) is 4.59. The molecule has 2 aromatic heterocycles. The van der Waals surface area contributed by atoms with Gasteiger partial charge in [-0.3, -0.25) is 9.59 Å². The number of hydrogen-bond acceptors (Lipinski definition) is 9. The summed E-state index contributed by atoms with van der Waals surface area (Å²) in [7, 11) is 5.94. The van der Waals surface area contributed by atoms with Crippen molar-refractivity contribution in [3.8, 4) is 23.0 Å². The lowest BCUT2D eigenvalue weighted by Crippen LogP contribution is -2.32. The predicted molar refractivity (Wildman–Crippen MR) is 144 cm³/mol. The van der Waals surface area contributed by atoms with Crippen LogP contribution in [0.3, 0.4) is 0 Å². The highest BCUT2D eigenvalue weighted by Gasteiger charge is 2.45. The summed E-state index contributed by atoms with van der Waals surface area (Å²) in [4.78, 5) is 32.9. The Morgan fingerprint density at radius 3 is 2.35 bits per heavy atom. The number of rotatable bonds is 11. The first-order valence-electron chi connectivity index (χ1n) is 12.5. The topological polar surface area (TPSA) is 125 Å². The van der Waals surface area contributed by atoms with E-state index in [1.54, 1.807) is 48.9 Å². The number of aryl methyl sites for hydroxylation is 1. The normalized spacial score (nSPS) is 15.2. The number of hydrogen-bond donors (Lipinski definition) is 1. The first kappa shape index (κ1) is 26.7. The minimum Gasteiger partial charge on any atom is -0.503 e. The number of furan rings is 1. The molecule has 5 rings (SSSR count). The fourth-order valence-electron chi connectivity index (χ4n) is 5.01. The molecule has 0 saturated carbocycles. The van der Waals surface area contributed by atoms with Gasteiger partial charge in [-0.05, 0) is 36.2 Å². The fraction of sp³-hybridized carbons (Fsp3) is 0.276. The number of aliphatic hydroxyl groups is 1. The Kier molecular flexibility index (Phi) is 7.37. The molecule has 0 bridgehead atoms. The highest BCUT2D eigenvalue weighted by atomic mass is 16.5. The Morgan fingerprint density at radius 1 is 1.00 bits per heavy atom. The lowest BCUT2D eigenvalue weighted by atomic mass is 9.94. The monoisotopic (exact) mass is 547 g/mol. The zero-order valence-corrected chi connectivity index (χ0v) is 22.5. The number of imidazole rings is 1.